The van der Waals surface area contributed by atoms with E-state index in [1.165, 1.54) is 11.5 Å². The van der Waals surface area contributed by atoms with Crippen LogP contribution in [0.4, 0.5) is 13.2 Å². The van der Waals surface area contributed by atoms with Gasteiger partial charge in [0.25, 0.3) is 0 Å². The second-order valence-electron chi connectivity index (χ2n) is 3.48. The molecule has 1 rings (SSSR count). The molecular weight excluding hydrogens is 225 g/mol. The van der Waals surface area contributed by atoms with Crippen molar-refractivity contribution in [1.29, 1.82) is 0 Å². The Bertz CT molecular complexity index is 377. The van der Waals surface area contributed by atoms with Crippen molar-refractivity contribution in [3.05, 3.63) is 16.7 Å². The van der Waals surface area contributed by atoms with Gasteiger partial charge in [0, 0.05) is 17.9 Å². The maximum absolute atomic E-state index is 12.2. The van der Waals surface area contributed by atoms with Gasteiger partial charge in [-0.3, -0.25) is 0 Å². The van der Waals surface area contributed by atoms with Crippen LogP contribution < -0.4 is 0 Å². The van der Waals surface area contributed by atoms with E-state index in [0.29, 0.717) is 11.2 Å². The SMILES string of the molecule is CCc1c[nH]c(=S)n1C(C)CC(F)(F)F. The number of rotatable bonds is 3. The van der Waals surface area contributed by atoms with Crippen molar-refractivity contribution in [2.45, 2.75) is 38.9 Å². The van der Waals surface area contributed by atoms with Crippen LogP contribution in [0.15, 0.2) is 6.20 Å². The zero-order valence-electron chi connectivity index (χ0n) is 8.56. The summed E-state index contributed by atoms with van der Waals surface area (Å²) in [7, 11) is 0. The van der Waals surface area contributed by atoms with Gasteiger partial charge in [0.15, 0.2) is 4.77 Å². The molecule has 0 saturated heterocycles. The molecule has 6 heteroatoms. The Balaban J connectivity index is 2.95. The molecule has 0 aliphatic carbocycles. The number of nitrogens with one attached hydrogen (secondary N) is 1. The Morgan fingerprint density at radius 1 is 1.53 bits per heavy atom. The number of aryl methyl sites for hydroxylation is 1. The van der Waals surface area contributed by atoms with Crippen LogP contribution >= 0.6 is 12.2 Å². The monoisotopic (exact) mass is 238 g/mol. The van der Waals surface area contributed by atoms with Crippen LogP contribution in [0.25, 0.3) is 0 Å². The quantitative estimate of drug-likeness (QED) is 0.797. The van der Waals surface area contributed by atoms with Crippen LogP contribution in [-0.2, 0) is 6.42 Å². The molecule has 86 valence electrons. The summed E-state index contributed by atoms with van der Waals surface area (Å²) in [5.41, 5.74) is 0.803. The van der Waals surface area contributed by atoms with E-state index < -0.39 is 18.6 Å². The van der Waals surface area contributed by atoms with Gasteiger partial charge in [-0.2, -0.15) is 13.2 Å². The molecule has 0 amide bonds. The molecule has 15 heavy (non-hydrogen) atoms. The van der Waals surface area contributed by atoms with Crippen molar-refractivity contribution in [2.24, 2.45) is 0 Å². The van der Waals surface area contributed by atoms with Gasteiger partial charge < -0.3 is 9.55 Å². The first-order chi connectivity index (χ1) is 6.85. The lowest BCUT2D eigenvalue weighted by atomic mass is 10.2. The van der Waals surface area contributed by atoms with E-state index in [9.17, 15) is 13.2 Å². The number of nitrogens with zero attached hydrogens (tertiary/aromatic N) is 1. The molecule has 0 aromatic carbocycles. The van der Waals surface area contributed by atoms with E-state index in [-0.39, 0.29) is 0 Å². The van der Waals surface area contributed by atoms with Crippen LogP contribution in [0.2, 0.25) is 0 Å². The minimum absolute atomic E-state index is 0.351. The van der Waals surface area contributed by atoms with Gasteiger partial charge in [0.1, 0.15) is 0 Å². The van der Waals surface area contributed by atoms with Gasteiger partial charge in [-0.25, -0.2) is 0 Å². The third-order valence-electron chi connectivity index (χ3n) is 2.22. The fraction of sp³-hybridized carbons (Fsp3) is 0.667. The summed E-state index contributed by atoms with van der Waals surface area (Å²) in [5.74, 6) is 0. The average Bonchev–Trinajstić information content (AvgIpc) is 2.43. The van der Waals surface area contributed by atoms with Crippen LogP contribution in [0, 0.1) is 4.77 Å². The van der Waals surface area contributed by atoms with Gasteiger partial charge in [-0.1, -0.05) is 6.92 Å². The molecule has 1 heterocycles. The molecule has 0 saturated carbocycles. The molecule has 0 aliphatic heterocycles. The first kappa shape index (κ1) is 12.3. The number of hydrogen-bond donors (Lipinski definition) is 1. The molecule has 1 N–H and O–H groups in total. The number of aromatic nitrogens is 2. The molecule has 0 radical (unpaired) electrons. The summed E-state index contributed by atoms with van der Waals surface area (Å²) < 4.78 is 38.5. The highest BCUT2D eigenvalue weighted by atomic mass is 32.1. The van der Waals surface area contributed by atoms with Crippen molar-refractivity contribution in [1.82, 2.24) is 9.55 Å². The minimum Gasteiger partial charge on any atom is -0.337 e. The highest BCUT2D eigenvalue weighted by molar-refractivity contribution is 7.71. The first-order valence-electron chi connectivity index (χ1n) is 4.70. The van der Waals surface area contributed by atoms with E-state index in [1.54, 1.807) is 6.20 Å². The summed E-state index contributed by atoms with van der Waals surface area (Å²) in [5, 5.41) is 0. The van der Waals surface area contributed by atoms with E-state index in [0.717, 1.165) is 5.69 Å². The zero-order chi connectivity index (χ0) is 11.6. The maximum atomic E-state index is 12.2. The Hall–Kier alpha value is -0.780. The zero-order valence-corrected chi connectivity index (χ0v) is 9.37. The molecule has 0 spiro atoms. The topological polar surface area (TPSA) is 20.7 Å². The number of halogens is 3. The lowest BCUT2D eigenvalue weighted by Crippen LogP contribution is -2.18. The van der Waals surface area contributed by atoms with Crippen molar-refractivity contribution in [3.63, 3.8) is 0 Å². The molecular formula is C9H13F3N2S. The summed E-state index contributed by atoms with van der Waals surface area (Å²) >= 11 is 4.94. The molecule has 1 aromatic rings. The van der Waals surface area contributed by atoms with Gasteiger partial charge in [-0.05, 0) is 25.6 Å². The van der Waals surface area contributed by atoms with Crippen molar-refractivity contribution < 1.29 is 13.2 Å². The molecule has 0 aliphatic rings. The molecule has 1 unspecified atom stereocenters. The Morgan fingerprint density at radius 2 is 2.13 bits per heavy atom. The molecule has 0 fully saturated rings. The summed E-state index contributed by atoms with van der Waals surface area (Å²) in [4.78, 5) is 2.77. The molecule has 1 aromatic heterocycles. The number of aromatic amines is 1. The fourth-order valence-electron chi connectivity index (χ4n) is 1.60. The Morgan fingerprint density at radius 3 is 2.60 bits per heavy atom. The highest BCUT2D eigenvalue weighted by Crippen LogP contribution is 2.28. The van der Waals surface area contributed by atoms with Gasteiger partial charge >= 0.3 is 6.18 Å². The van der Waals surface area contributed by atoms with Crippen LogP contribution in [0.5, 0.6) is 0 Å². The smallest absolute Gasteiger partial charge is 0.337 e. The number of H-pyrrole nitrogens is 1. The second kappa shape index (κ2) is 4.38. The van der Waals surface area contributed by atoms with E-state index in [4.69, 9.17) is 12.2 Å². The molecule has 1 atom stereocenters. The van der Waals surface area contributed by atoms with Crippen LogP contribution in [0.1, 0.15) is 32.0 Å². The lowest BCUT2D eigenvalue weighted by molar-refractivity contribution is -0.141. The normalized spacial score (nSPS) is 14.2. The molecule has 0 bridgehead atoms. The number of imidazole rings is 1. The van der Waals surface area contributed by atoms with Crippen LogP contribution in [-0.4, -0.2) is 15.7 Å². The third-order valence-corrected chi connectivity index (χ3v) is 2.53. The highest BCUT2D eigenvalue weighted by Gasteiger charge is 2.31. The maximum Gasteiger partial charge on any atom is 0.391 e. The minimum atomic E-state index is -4.16. The first-order valence-corrected chi connectivity index (χ1v) is 5.11. The Kier molecular flexibility index (Phi) is 3.59. The van der Waals surface area contributed by atoms with E-state index in [2.05, 4.69) is 4.98 Å². The predicted octanol–water partition coefficient (Wildman–Crippen LogP) is 3.62. The third kappa shape index (κ3) is 3.09. The van der Waals surface area contributed by atoms with Gasteiger partial charge in [0.05, 0.1) is 6.42 Å². The van der Waals surface area contributed by atoms with E-state index in [1.807, 2.05) is 6.92 Å². The Labute approximate surface area is 91.1 Å². The molecule has 2 nitrogen and oxygen atoms in total. The second-order valence-corrected chi connectivity index (χ2v) is 3.86. The van der Waals surface area contributed by atoms with Crippen LogP contribution in [0.3, 0.4) is 0 Å². The average molecular weight is 238 g/mol. The fourth-order valence-corrected chi connectivity index (χ4v) is 1.95. The largest absolute Gasteiger partial charge is 0.391 e. The van der Waals surface area contributed by atoms with Gasteiger partial charge in [-0.15, -0.1) is 0 Å². The van der Waals surface area contributed by atoms with Crippen molar-refractivity contribution in [3.8, 4) is 0 Å². The number of hydrogen-bond acceptors (Lipinski definition) is 1. The standard InChI is InChI=1S/C9H13F3N2S/c1-3-7-5-13-8(15)14(7)6(2)4-9(10,11)12/h5-6H,3-4H2,1-2H3,(H,13,15). The van der Waals surface area contributed by atoms with Crippen molar-refractivity contribution >= 4 is 12.2 Å². The summed E-state index contributed by atoms with van der Waals surface area (Å²) in [6.45, 7) is 3.41. The summed E-state index contributed by atoms with van der Waals surface area (Å²) in [6, 6.07) is -0.654. The lowest BCUT2D eigenvalue weighted by Gasteiger charge is -2.17. The number of alkyl halides is 3. The predicted molar refractivity (Wildman–Crippen MR) is 54.4 cm³/mol. The van der Waals surface area contributed by atoms with Crippen molar-refractivity contribution in [2.75, 3.05) is 0 Å². The van der Waals surface area contributed by atoms with E-state index >= 15 is 0 Å². The summed E-state index contributed by atoms with van der Waals surface area (Å²) in [6.07, 6.45) is -2.69. The van der Waals surface area contributed by atoms with Gasteiger partial charge in [0.2, 0.25) is 0 Å².